The van der Waals surface area contributed by atoms with Gasteiger partial charge in [-0.1, -0.05) is 48.5 Å². The van der Waals surface area contributed by atoms with Crippen LogP contribution in [0.25, 0.3) is 0 Å². The van der Waals surface area contributed by atoms with Crippen LogP contribution in [0.2, 0.25) is 0 Å². The Morgan fingerprint density at radius 2 is 1.61 bits per heavy atom. The van der Waals surface area contributed by atoms with Crippen molar-refractivity contribution < 1.29 is 37.4 Å². The topological polar surface area (TPSA) is 9.23 Å². The Kier molecular flexibility index (Phi) is 4.58. The molecule has 0 aliphatic carbocycles. The molecule has 1 nitrogen and oxygen atoms in total. The maximum atomic E-state index is 5.82. The SMILES string of the molecule is [CH2-]C1c2ccccc2OCC1c1ccccc1.[Y]. The molecule has 2 aromatic carbocycles. The number of hydrogen-bond acceptors (Lipinski definition) is 1. The van der Waals surface area contributed by atoms with Gasteiger partial charge in [0.25, 0.3) is 0 Å². The van der Waals surface area contributed by atoms with Gasteiger partial charge in [-0.05, 0) is 23.1 Å². The molecule has 1 radical (unpaired) electrons. The van der Waals surface area contributed by atoms with E-state index in [1.165, 1.54) is 11.1 Å². The summed E-state index contributed by atoms with van der Waals surface area (Å²) in [6.07, 6.45) is 0. The third-order valence-corrected chi connectivity index (χ3v) is 3.45. The summed E-state index contributed by atoms with van der Waals surface area (Å²) in [6.45, 7) is 5.03. The first-order chi connectivity index (χ1) is 8.36. The van der Waals surface area contributed by atoms with Gasteiger partial charge in [0.1, 0.15) is 5.75 Å². The molecule has 0 aromatic heterocycles. The van der Waals surface area contributed by atoms with E-state index >= 15 is 0 Å². The van der Waals surface area contributed by atoms with Gasteiger partial charge in [0, 0.05) is 32.7 Å². The van der Waals surface area contributed by atoms with Gasteiger partial charge in [-0.15, -0.1) is 5.92 Å². The minimum absolute atomic E-state index is 0. The van der Waals surface area contributed by atoms with Crippen molar-refractivity contribution in [1.82, 2.24) is 0 Å². The Balaban J connectivity index is 0.00000120. The zero-order valence-corrected chi connectivity index (χ0v) is 13.1. The Hall–Kier alpha value is -0.656. The van der Waals surface area contributed by atoms with Gasteiger partial charge >= 0.3 is 0 Å². The Bertz CT molecular complexity index is 510. The summed E-state index contributed by atoms with van der Waals surface area (Å²) in [7, 11) is 0. The summed E-state index contributed by atoms with van der Waals surface area (Å²) < 4.78 is 5.82. The molecule has 0 saturated heterocycles. The van der Waals surface area contributed by atoms with E-state index in [4.69, 9.17) is 4.74 Å². The monoisotopic (exact) mass is 312 g/mol. The van der Waals surface area contributed by atoms with Gasteiger partial charge in [-0.2, -0.15) is 0 Å². The predicted octanol–water partition coefficient (Wildman–Crippen LogP) is 3.78. The van der Waals surface area contributed by atoms with Crippen molar-refractivity contribution in [3.05, 3.63) is 72.6 Å². The fourth-order valence-electron chi connectivity index (χ4n) is 2.46. The van der Waals surface area contributed by atoms with Crippen LogP contribution in [0.1, 0.15) is 23.0 Å². The molecule has 0 bridgehead atoms. The Morgan fingerprint density at radius 3 is 2.39 bits per heavy atom. The van der Waals surface area contributed by atoms with E-state index in [1.54, 1.807) is 0 Å². The van der Waals surface area contributed by atoms with Crippen LogP contribution in [0, 0.1) is 6.92 Å². The Labute approximate surface area is 133 Å². The van der Waals surface area contributed by atoms with E-state index in [0.29, 0.717) is 5.92 Å². The summed E-state index contributed by atoms with van der Waals surface area (Å²) in [5.74, 6) is 1.60. The third kappa shape index (κ3) is 2.53. The molecular weight excluding hydrogens is 297 g/mol. The molecule has 0 saturated carbocycles. The first-order valence-electron chi connectivity index (χ1n) is 5.96. The predicted molar refractivity (Wildman–Crippen MR) is 69.2 cm³/mol. The fourth-order valence-corrected chi connectivity index (χ4v) is 2.46. The van der Waals surface area contributed by atoms with Crippen LogP contribution in [0.4, 0.5) is 0 Å². The zero-order valence-electron chi connectivity index (χ0n) is 10.3. The summed E-state index contributed by atoms with van der Waals surface area (Å²) in [5.41, 5.74) is 2.52. The summed E-state index contributed by atoms with van der Waals surface area (Å²) in [4.78, 5) is 0. The summed E-state index contributed by atoms with van der Waals surface area (Å²) >= 11 is 0. The molecule has 0 fully saturated rings. The van der Waals surface area contributed by atoms with Crippen molar-refractivity contribution in [3.63, 3.8) is 0 Å². The molecule has 1 heterocycles. The molecule has 89 valence electrons. The molecule has 2 atom stereocenters. The maximum Gasteiger partial charge on any atom is 0.120 e. The summed E-state index contributed by atoms with van der Waals surface area (Å²) in [6, 6.07) is 18.7. The normalized spacial score (nSPS) is 21.4. The van der Waals surface area contributed by atoms with Crippen molar-refractivity contribution in [2.24, 2.45) is 0 Å². The number of hydrogen-bond donors (Lipinski definition) is 0. The molecule has 0 amide bonds. The average Bonchev–Trinajstić information content (AvgIpc) is 2.40. The Morgan fingerprint density at radius 1 is 0.944 bits per heavy atom. The van der Waals surface area contributed by atoms with Crippen LogP contribution < -0.4 is 4.74 Å². The van der Waals surface area contributed by atoms with Crippen molar-refractivity contribution >= 4 is 0 Å². The van der Waals surface area contributed by atoms with Crippen LogP contribution in [-0.2, 0) is 32.7 Å². The standard InChI is InChI=1S/C16H15O.Y/c1-12-14-9-5-6-10-16(14)17-11-15(12)13-7-3-2-4-8-13;/h2-10,12,15H,1,11H2;/q-1;. The minimum atomic E-state index is 0. The molecule has 1 aliphatic heterocycles. The van der Waals surface area contributed by atoms with E-state index in [0.717, 1.165) is 12.4 Å². The van der Waals surface area contributed by atoms with Crippen LogP contribution in [0.3, 0.4) is 0 Å². The smallest absolute Gasteiger partial charge is 0.120 e. The first kappa shape index (κ1) is 13.8. The third-order valence-electron chi connectivity index (χ3n) is 3.45. The number of ether oxygens (including phenoxy) is 1. The molecule has 2 unspecified atom stereocenters. The second kappa shape index (κ2) is 5.99. The van der Waals surface area contributed by atoms with Crippen molar-refractivity contribution in [2.75, 3.05) is 6.61 Å². The van der Waals surface area contributed by atoms with Gasteiger partial charge in [0.05, 0.1) is 6.61 Å². The van der Waals surface area contributed by atoms with Gasteiger partial charge in [-0.3, -0.25) is 0 Å². The zero-order chi connectivity index (χ0) is 11.7. The molecular formula is C16H15OY-. The number of para-hydroxylation sites is 1. The van der Waals surface area contributed by atoms with Crippen molar-refractivity contribution in [2.45, 2.75) is 11.8 Å². The van der Waals surface area contributed by atoms with Crippen LogP contribution in [0.5, 0.6) is 5.75 Å². The van der Waals surface area contributed by atoms with E-state index in [2.05, 4.69) is 37.3 Å². The number of benzene rings is 2. The molecule has 2 heteroatoms. The second-order valence-electron chi connectivity index (χ2n) is 4.47. The van der Waals surface area contributed by atoms with E-state index in [-0.39, 0.29) is 38.6 Å². The van der Waals surface area contributed by atoms with E-state index < -0.39 is 0 Å². The minimum Gasteiger partial charge on any atom is -0.493 e. The van der Waals surface area contributed by atoms with E-state index in [1.807, 2.05) is 24.3 Å². The first-order valence-corrected chi connectivity index (χ1v) is 5.96. The number of fused-ring (bicyclic) bond motifs is 1. The van der Waals surface area contributed by atoms with Crippen molar-refractivity contribution in [3.8, 4) is 5.75 Å². The van der Waals surface area contributed by atoms with E-state index in [9.17, 15) is 0 Å². The number of rotatable bonds is 1. The average molecular weight is 312 g/mol. The molecule has 18 heavy (non-hydrogen) atoms. The van der Waals surface area contributed by atoms with Gasteiger partial charge in [-0.25, -0.2) is 0 Å². The fraction of sp³-hybridized carbons (Fsp3) is 0.188. The maximum absolute atomic E-state index is 5.82. The van der Waals surface area contributed by atoms with Crippen LogP contribution in [-0.4, -0.2) is 6.61 Å². The molecule has 2 aromatic rings. The largest absolute Gasteiger partial charge is 0.493 e. The van der Waals surface area contributed by atoms with Gasteiger partial charge in [0.2, 0.25) is 0 Å². The van der Waals surface area contributed by atoms with Crippen molar-refractivity contribution in [1.29, 1.82) is 0 Å². The molecule has 1 aliphatic rings. The molecule has 0 N–H and O–H groups in total. The summed E-state index contributed by atoms with van der Waals surface area (Å²) in [5, 5.41) is 0. The van der Waals surface area contributed by atoms with Gasteiger partial charge in [0.15, 0.2) is 0 Å². The molecule has 0 spiro atoms. The quantitative estimate of drug-likeness (QED) is 0.728. The van der Waals surface area contributed by atoms with Gasteiger partial charge < -0.3 is 11.7 Å². The van der Waals surface area contributed by atoms with Crippen LogP contribution in [0.15, 0.2) is 54.6 Å². The van der Waals surface area contributed by atoms with Crippen LogP contribution >= 0.6 is 0 Å². The second-order valence-corrected chi connectivity index (χ2v) is 4.47. The molecule has 3 rings (SSSR count).